The van der Waals surface area contributed by atoms with Gasteiger partial charge in [0.15, 0.2) is 6.29 Å². The van der Waals surface area contributed by atoms with Crippen LogP contribution >= 0.6 is 22.6 Å². The Hall–Kier alpha value is -0.910. The molecule has 0 fully saturated rings. The van der Waals surface area contributed by atoms with Crippen molar-refractivity contribution in [3.63, 3.8) is 0 Å². The van der Waals surface area contributed by atoms with E-state index in [2.05, 4.69) is 27.6 Å². The van der Waals surface area contributed by atoms with Crippen LogP contribution in [0.1, 0.15) is 10.5 Å². The lowest BCUT2D eigenvalue weighted by Crippen LogP contribution is -1.91. The number of aromatic nitrogens is 2. The summed E-state index contributed by atoms with van der Waals surface area (Å²) in [6.07, 6.45) is 2.48. The van der Waals surface area contributed by atoms with Gasteiger partial charge in [-0.3, -0.25) is 9.20 Å². The summed E-state index contributed by atoms with van der Waals surface area (Å²) in [5.74, 6) is 0. The molecule has 2 aromatic rings. The molecule has 12 heavy (non-hydrogen) atoms. The predicted molar refractivity (Wildman–Crippen MR) is 53.3 cm³/mol. The zero-order valence-electron chi connectivity index (χ0n) is 6.07. The summed E-state index contributed by atoms with van der Waals surface area (Å²) in [4.78, 5) is 14.7. The summed E-state index contributed by atoms with van der Waals surface area (Å²) in [5, 5.41) is 0. The Kier molecular flexibility index (Phi) is 1.84. The molecule has 2 rings (SSSR count). The lowest BCUT2D eigenvalue weighted by Gasteiger charge is -1.95. The highest BCUT2D eigenvalue weighted by atomic mass is 127. The second kappa shape index (κ2) is 2.85. The van der Waals surface area contributed by atoms with Crippen molar-refractivity contribution in [2.24, 2.45) is 0 Å². The maximum atomic E-state index is 10.6. The van der Waals surface area contributed by atoms with Crippen molar-refractivity contribution in [1.82, 2.24) is 9.38 Å². The highest BCUT2D eigenvalue weighted by molar-refractivity contribution is 14.1. The number of hydrogen-bond donors (Lipinski definition) is 0. The van der Waals surface area contributed by atoms with Crippen LogP contribution in [-0.4, -0.2) is 15.7 Å². The van der Waals surface area contributed by atoms with Crippen LogP contribution in [0.3, 0.4) is 0 Å². The maximum absolute atomic E-state index is 10.6. The van der Waals surface area contributed by atoms with E-state index in [0.717, 1.165) is 15.5 Å². The van der Waals surface area contributed by atoms with Crippen molar-refractivity contribution in [2.45, 2.75) is 0 Å². The SMILES string of the molecule is O=Cc1cccc2c(I)ncn12. The number of nitrogens with zero attached hydrogens (tertiary/aromatic N) is 2. The lowest BCUT2D eigenvalue weighted by molar-refractivity contribution is 0.111. The minimum atomic E-state index is 0.628. The van der Waals surface area contributed by atoms with Crippen LogP contribution in [0.2, 0.25) is 0 Å². The first-order chi connectivity index (χ1) is 5.83. The molecule has 0 atom stereocenters. The molecular formula is C8H5IN2O. The third kappa shape index (κ3) is 1.03. The molecule has 0 bridgehead atoms. The summed E-state index contributed by atoms with van der Waals surface area (Å²) < 4.78 is 2.69. The van der Waals surface area contributed by atoms with Crippen LogP contribution < -0.4 is 0 Å². The second-order valence-corrected chi connectivity index (χ2v) is 3.38. The van der Waals surface area contributed by atoms with E-state index < -0.39 is 0 Å². The van der Waals surface area contributed by atoms with E-state index in [1.807, 2.05) is 12.1 Å². The lowest BCUT2D eigenvalue weighted by atomic mass is 10.3. The van der Waals surface area contributed by atoms with Gasteiger partial charge in [0.25, 0.3) is 0 Å². The fourth-order valence-corrected chi connectivity index (χ4v) is 1.67. The fraction of sp³-hybridized carbons (Fsp3) is 0. The summed E-state index contributed by atoms with van der Waals surface area (Å²) >= 11 is 2.14. The van der Waals surface area contributed by atoms with Gasteiger partial charge in [-0.1, -0.05) is 6.07 Å². The van der Waals surface area contributed by atoms with Gasteiger partial charge in [0, 0.05) is 0 Å². The van der Waals surface area contributed by atoms with Gasteiger partial charge in [0.1, 0.15) is 10.0 Å². The molecule has 0 saturated heterocycles. The van der Waals surface area contributed by atoms with Crippen LogP contribution in [0.15, 0.2) is 24.5 Å². The van der Waals surface area contributed by atoms with E-state index in [0.29, 0.717) is 5.69 Å². The zero-order valence-corrected chi connectivity index (χ0v) is 8.22. The number of hydrogen-bond acceptors (Lipinski definition) is 2. The molecule has 0 N–H and O–H groups in total. The van der Waals surface area contributed by atoms with E-state index in [1.54, 1.807) is 16.8 Å². The first-order valence-electron chi connectivity index (χ1n) is 3.39. The van der Waals surface area contributed by atoms with Gasteiger partial charge in [-0.05, 0) is 34.7 Å². The summed E-state index contributed by atoms with van der Waals surface area (Å²) in [7, 11) is 0. The molecule has 0 aromatic carbocycles. The van der Waals surface area contributed by atoms with E-state index in [9.17, 15) is 4.79 Å². The normalized spacial score (nSPS) is 10.4. The first kappa shape index (κ1) is 7.72. The maximum Gasteiger partial charge on any atom is 0.166 e. The number of halogens is 1. The highest BCUT2D eigenvalue weighted by Crippen LogP contribution is 2.12. The third-order valence-electron chi connectivity index (χ3n) is 1.68. The average molecular weight is 272 g/mol. The van der Waals surface area contributed by atoms with Crippen molar-refractivity contribution in [1.29, 1.82) is 0 Å². The van der Waals surface area contributed by atoms with E-state index in [1.165, 1.54) is 0 Å². The number of rotatable bonds is 1. The molecule has 0 saturated carbocycles. The molecule has 0 radical (unpaired) electrons. The molecule has 0 aliphatic carbocycles. The van der Waals surface area contributed by atoms with Crippen LogP contribution in [-0.2, 0) is 0 Å². The molecule has 0 amide bonds. The molecule has 2 heterocycles. The molecule has 0 unspecified atom stereocenters. The standard InChI is InChI=1S/C8H5IN2O/c9-8-7-3-1-2-6(4-12)11(7)5-10-8/h1-5H. The zero-order chi connectivity index (χ0) is 8.55. The second-order valence-electron chi connectivity index (χ2n) is 2.36. The van der Waals surface area contributed by atoms with Crippen molar-refractivity contribution < 1.29 is 4.79 Å². The molecular weight excluding hydrogens is 267 g/mol. The average Bonchev–Trinajstić information content (AvgIpc) is 2.48. The topological polar surface area (TPSA) is 34.4 Å². The smallest absolute Gasteiger partial charge is 0.166 e. The van der Waals surface area contributed by atoms with Gasteiger partial charge < -0.3 is 0 Å². The van der Waals surface area contributed by atoms with Crippen LogP contribution in [0.25, 0.3) is 5.52 Å². The Morgan fingerprint density at radius 1 is 1.50 bits per heavy atom. The molecule has 2 aromatic heterocycles. The molecule has 0 aliphatic heterocycles. The Bertz CT molecular complexity index is 436. The van der Waals surface area contributed by atoms with Gasteiger partial charge in [-0.15, -0.1) is 0 Å². The van der Waals surface area contributed by atoms with Crippen molar-refractivity contribution in [2.75, 3.05) is 0 Å². The summed E-state index contributed by atoms with van der Waals surface area (Å²) in [5.41, 5.74) is 1.60. The van der Waals surface area contributed by atoms with Gasteiger partial charge >= 0.3 is 0 Å². The van der Waals surface area contributed by atoms with Crippen LogP contribution in [0.5, 0.6) is 0 Å². The number of imidazole rings is 1. The number of carbonyl (C=O) groups excluding carboxylic acids is 1. The van der Waals surface area contributed by atoms with Crippen LogP contribution in [0, 0.1) is 3.70 Å². The Morgan fingerprint density at radius 2 is 2.33 bits per heavy atom. The molecule has 0 aliphatic rings. The quantitative estimate of drug-likeness (QED) is 0.585. The fourth-order valence-electron chi connectivity index (χ4n) is 1.11. The van der Waals surface area contributed by atoms with Gasteiger partial charge in [0.05, 0.1) is 11.2 Å². The van der Waals surface area contributed by atoms with E-state index in [-0.39, 0.29) is 0 Å². The monoisotopic (exact) mass is 272 g/mol. The number of fused-ring (bicyclic) bond motifs is 1. The molecule has 60 valence electrons. The Balaban J connectivity index is 2.89. The largest absolute Gasteiger partial charge is 0.296 e. The van der Waals surface area contributed by atoms with Crippen molar-refractivity contribution >= 4 is 34.4 Å². The minimum Gasteiger partial charge on any atom is -0.296 e. The van der Waals surface area contributed by atoms with E-state index in [4.69, 9.17) is 0 Å². The molecule has 3 nitrogen and oxygen atoms in total. The van der Waals surface area contributed by atoms with Gasteiger partial charge in [0.2, 0.25) is 0 Å². The predicted octanol–water partition coefficient (Wildman–Crippen LogP) is 1.75. The minimum absolute atomic E-state index is 0.628. The number of pyridine rings is 1. The molecule has 4 heteroatoms. The van der Waals surface area contributed by atoms with Gasteiger partial charge in [-0.25, -0.2) is 4.98 Å². The Labute approximate surface area is 82.6 Å². The van der Waals surface area contributed by atoms with E-state index >= 15 is 0 Å². The Morgan fingerprint density at radius 3 is 3.08 bits per heavy atom. The number of carbonyl (C=O) groups is 1. The van der Waals surface area contributed by atoms with Crippen molar-refractivity contribution in [3.05, 3.63) is 33.9 Å². The summed E-state index contributed by atoms with van der Waals surface area (Å²) in [6.45, 7) is 0. The first-order valence-corrected chi connectivity index (χ1v) is 4.47. The third-order valence-corrected chi connectivity index (χ3v) is 2.51. The van der Waals surface area contributed by atoms with Gasteiger partial charge in [-0.2, -0.15) is 0 Å². The van der Waals surface area contributed by atoms with Crippen molar-refractivity contribution in [3.8, 4) is 0 Å². The number of aldehydes is 1. The highest BCUT2D eigenvalue weighted by Gasteiger charge is 2.02. The van der Waals surface area contributed by atoms with Crippen LogP contribution in [0.4, 0.5) is 0 Å². The molecule has 0 spiro atoms. The summed E-state index contributed by atoms with van der Waals surface area (Å²) in [6, 6.07) is 5.54.